The quantitative estimate of drug-likeness (QED) is 0.868. The molecule has 1 N–H and O–H groups in total. The molecule has 1 unspecified atom stereocenters. The number of carbonyl (C=O) groups is 1. The van der Waals surface area contributed by atoms with E-state index in [-0.39, 0.29) is 11.8 Å². The van der Waals surface area contributed by atoms with Gasteiger partial charge in [0.2, 0.25) is 5.91 Å². The summed E-state index contributed by atoms with van der Waals surface area (Å²) in [6.07, 6.45) is 4.33. The summed E-state index contributed by atoms with van der Waals surface area (Å²) in [6.45, 7) is 5.78. The van der Waals surface area contributed by atoms with Gasteiger partial charge in [-0.25, -0.2) is 9.97 Å². The van der Waals surface area contributed by atoms with Crippen LogP contribution in [0.4, 0.5) is 5.82 Å². The van der Waals surface area contributed by atoms with Gasteiger partial charge in [0.05, 0.1) is 5.39 Å². The van der Waals surface area contributed by atoms with Crippen LogP contribution in [0.25, 0.3) is 10.2 Å². The molecule has 0 radical (unpaired) electrons. The summed E-state index contributed by atoms with van der Waals surface area (Å²) < 4.78 is 5.42. The minimum absolute atomic E-state index is 0.0882. The van der Waals surface area contributed by atoms with Gasteiger partial charge < -0.3 is 15.0 Å². The zero-order valence-corrected chi connectivity index (χ0v) is 14.8. The average Bonchev–Trinajstić information content (AvgIpc) is 2.92. The number of nitrogens with one attached hydrogen (secondary N) is 1. The lowest BCUT2D eigenvalue weighted by atomic mass is 10.00. The van der Waals surface area contributed by atoms with Gasteiger partial charge in [0.15, 0.2) is 0 Å². The first kappa shape index (κ1) is 17.1. The van der Waals surface area contributed by atoms with Crippen molar-refractivity contribution < 1.29 is 9.53 Å². The molecule has 2 aromatic rings. The Morgan fingerprint density at radius 2 is 2.33 bits per heavy atom. The Morgan fingerprint density at radius 1 is 1.42 bits per heavy atom. The van der Waals surface area contributed by atoms with Crippen molar-refractivity contribution >= 4 is 33.3 Å². The van der Waals surface area contributed by atoms with Crippen molar-refractivity contribution in [2.75, 3.05) is 37.7 Å². The van der Waals surface area contributed by atoms with Crippen LogP contribution < -0.4 is 10.2 Å². The van der Waals surface area contributed by atoms with Crippen LogP contribution in [0.3, 0.4) is 0 Å². The predicted octanol–water partition coefficient (Wildman–Crippen LogP) is 2.45. The van der Waals surface area contributed by atoms with Crippen LogP contribution in [0.5, 0.6) is 0 Å². The van der Waals surface area contributed by atoms with E-state index in [1.165, 1.54) is 0 Å². The molecule has 0 aromatic carbocycles. The van der Waals surface area contributed by atoms with Gasteiger partial charge in [0, 0.05) is 38.8 Å². The van der Waals surface area contributed by atoms with Gasteiger partial charge in [-0.05, 0) is 37.6 Å². The van der Waals surface area contributed by atoms with Crippen molar-refractivity contribution in [3.05, 3.63) is 17.8 Å². The van der Waals surface area contributed by atoms with Gasteiger partial charge in [-0.15, -0.1) is 11.3 Å². The molecule has 0 aliphatic carbocycles. The van der Waals surface area contributed by atoms with Crippen LogP contribution in [0.1, 0.15) is 26.2 Å². The second kappa shape index (κ2) is 8.39. The third-order valence-electron chi connectivity index (χ3n) is 4.43. The molecule has 3 rings (SSSR count). The first-order chi connectivity index (χ1) is 11.8. The number of thiophene rings is 1. The fourth-order valence-electron chi connectivity index (χ4n) is 3.07. The molecule has 2 aromatic heterocycles. The second-order valence-corrected chi connectivity index (χ2v) is 6.84. The smallest absolute Gasteiger partial charge is 0.223 e. The monoisotopic (exact) mass is 348 g/mol. The lowest BCUT2D eigenvalue weighted by Gasteiger charge is -2.23. The summed E-state index contributed by atoms with van der Waals surface area (Å²) in [4.78, 5) is 24.2. The normalized spacial score (nSPS) is 18.3. The van der Waals surface area contributed by atoms with Crippen LogP contribution in [0.15, 0.2) is 17.8 Å². The fourth-order valence-corrected chi connectivity index (χ4v) is 3.79. The van der Waals surface area contributed by atoms with E-state index in [9.17, 15) is 4.79 Å². The van der Waals surface area contributed by atoms with Gasteiger partial charge in [-0.1, -0.05) is 0 Å². The van der Waals surface area contributed by atoms with E-state index < -0.39 is 0 Å². The topological polar surface area (TPSA) is 67.4 Å². The lowest BCUT2D eigenvalue weighted by molar-refractivity contribution is -0.125. The molecule has 1 amide bonds. The van der Waals surface area contributed by atoms with E-state index >= 15 is 0 Å². The lowest BCUT2D eigenvalue weighted by Crippen LogP contribution is -2.38. The molecule has 0 spiro atoms. The van der Waals surface area contributed by atoms with Crippen LogP contribution in [0, 0.1) is 5.92 Å². The van der Waals surface area contributed by atoms with Crippen LogP contribution in [0.2, 0.25) is 0 Å². The largest absolute Gasteiger partial charge is 0.381 e. The van der Waals surface area contributed by atoms with Crippen molar-refractivity contribution in [2.24, 2.45) is 5.92 Å². The number of ether oxygens (including phenoxy) is 1. The summed E-state index contributed by atoms with van der Waals surface area (Å²) in [5, 5.41) is 6.19. The molecular formula is C17H24N4O2S. The number of rotatable bonds is 6. The van der Waals surface area contributed by atoms with E-state index in [1.54, 1.807) is 17.7 Å². The van der Waals surface area contributed by atoms with Gasteiger partial charge in [0.25, 0.3) is 0 Å². The standard InChI is InChI=1S/C17H24N4O2S/c1-2-21(15-14-6-11-24-17(14)20-12-19-15)8-7-18-16(22)13-4-3-9-23-10-5-13/h6,11-13H,2-5,7-10H2,1H3,(H,18,22). The zero-order chi connectivity index (χ0) is 16.8. The highest BCUT2D eigenvalue weighted by Gasteiger charge is 2.20. The first-order valence-electron chi connectivity index (χ1n) is 8.58. The average molecular weight is 348 g/mol. The summed E-state index contributed by atoms with van der Waals surface area (Å²) in [5.41, 5.74) is 0. The Labute approximate surface area is 146 Å². The summed E-state index contributed by atoms with van der Waals surface area (Å²) in [6, 6.07) is 2.06. The number of aromatic nitrogens is 2. The number of hydrogen-bond donors (Lipinski definition) is 1. The summed E-state index contributed by atoms with van der Waals surface area (Å²) in [7, 11) is 0. The van der Waals surface area contributed by atoms with Gasteiger partial charge >= 0.3 is 0 Å². The van der Waals surface area contributed by atoms with E-state index in [0.29, 0.717) is 13.2 Å². The number of carbonyl (C=O) groups excluding carboxylic acids is 1. The molecule has 7 heteroatoms. The highest BCUT2D eigenvalue weighted by molar-refractivity contribution is 7.16. The molecule has 24 heavy (non-hydrogen) atoms. The molecule has 1 aliphatic rings. The Bertz CT molecular complexity index is 667. The molecule has 0 saturated carbocycles. The van der Waals surface area contributed by atoms with Gasteiger partial charge in [0.1, 0.15) is 17.0 Å². The Kier molecular flexibility index (Phi) is 5.98. The van der Waals surface area contributed by atoms with Crippen molar-refractivity contribution in [3.63, 3.8) is 0 Å². The van der Waals surface area contributed by atoms with Crippen molar-refractivity contribution in [1.29, 1.82) is 0 Å². The molecule has 1 saturated heterocycles. The molecule has 1 atom stereocenters. The number of fused-ring (bicyclic) bond motifs is 1. The number of anilines is 1. The third-order valence-corrected chi connectivity index (χ3v) is 5.25. The van der Waals surface area contributed by atoms with E-state index in [1.807, 2.05) is 5.38 Å². The highest BCUT2D eigenvalue weighted by Crippen LogP contribution is 2.26. The van der Waals surface area contributed by atoms with Crippen LogP contribution in [-0.2, 0) is 9.53 Å². The minimum Gasteiger partial charge on any atom is -0.381 e. The van der Waals surface area contributed by atoms with Crippen molar-refractivity contribution in [1.82, 2.24) is 15.3 Å². The number of nitrogens with zero attached hydrogens (tertiary/aromatic N) is 3. The number of amides is 1. The van der Waals surface area contributed by atoms with E-state index in [0.717, 1.165) is 55.0 Å². The molecule has 130 valence electrons. The molecular weight excluding hydrogens is 324 g/mol. The SMILES string of the molecule is CCN(CCNC(=O)C1CCCOCC1)c1ncnc2sccc12. The predicted molar refractivity (Wildman–Crippen MR) is 96.5 cm³/mol. The minimum atomic E-state index is 0.0882. The van der Waals surface area contributed by atoms with E-state index in [4.69, 9.17) is 4.74 Å². The van der Waals surface area contributed by atoms with Crippen LogP contribution in [-0.4, -0.2) is 48.7 Å². The second-order valence-electron chi connectivity index (χ2n) is 5.95. The fraction of sp³-hybridized carbons (Fsp3) is 0.588. The Balaban J connectivity index is 1.56. The van der Waals surface area contributed by atoms with E-state index in [2.05, 4.69) is 33.2 Å². The van der Waals surface area contributed by atoms with Crippen molar-refractivity contribution in [2.45, 2.75) is 26.2 Å². The molecule has 6 nitrogen and oxygen atoms in total. The third kappa shape index (κ3) is 4.02. The molecule has 3 heterocycles. The van der Waals surface area contributed by atoms with Gasteiger partial charge in [-0.3, -0.25) is 4.79 Å². The summed E-state index contributed by atoms with van der Waals surface area (Å²) >= 11 is 1.62. The van der Waals surface area contributed by atoms with Gasteiger partial charge in [-0.2, -0.15) is 0 Å². The number of likely N-dealkylation sites (N-methyl/N-ethyl adjacent to an activating group) is 1. The van der Waals surface area contributed by atoms with Crippen LogP contribution >= 0.6 is 11.3 Å². The maximum absolute atomic E-state index is 12.3. The summed E-state index contributed by atoms with van der Waals surface area (Å²) in [5.74, 6) is 1.19. The van der Waals surface area contributed by atoms with Crippen molar-refractivity contribution in [3.8, 4) is 0 Å². The molecule has 1 fully saturated rings. The highest BCUT2D eigenvalue weighted by atomic mass is 32.1. The number of hydrogen-bond acceptors (Lipinski definition) is 6. The Morgan fingerprint density at radius 3 is 3.21 bits per heavy atom. The Hall–Kier alpha value is -1.73. The maximum Gasteiger partial charge on any atom is 0.223 e. The maximum atomic E-state index is 12.3. The first-order valence-corrected chi connectivity index (χ1v) is 9.46. The zero-order valence-electron chi connectivity index (χ0n) is 14.0. The molecule has 1 aliphatic heterocycles. The molecule has 0 bridgehead atoms.